The van der Waals surface area contributed by atoms with Crippen LogP contribution in [0.4, 0.5) is 5.69 Å². The smallest absolute Gasteiger partial charge is 0.243 e. The Kier molecular flexibility index (Phi) is 12.2. The second kappa shape index (κ2) is 15.5. The Morgan fingerprint density at radius 1 is 0.881 bits per heavy atom. The van der Waals surface area contributed by atoms with Gasteiger partial charge in [0.2, 0.25) is 21.8 Å². The minimum absolute atomic E-state index is 0.107. The molecule has 0 bridgehead atoms. The fourth-order valence-corrected chi connectivity index (χ4v) is 6.08. The van der Waals surface area contributed by atoms with Crippen LogP contribution >= 0.6 is 0 Å². The Bertz CT molecular complexity index is 1420. The van der Waals surface area contributed by atoms with Gasteiger partial charge in [0.25, 0.3) is 0 Å². The van der Waals surface area contributed by atoms with Crippen molar-refractivity contribution >= 4 is 27.5 Å². The van der Waals surface area contributed by atoms with Crippen LogP contribution in [0.3, 0.4) is 0 Å². The minimum atomic E-state index is -3.56. The van der Waals surface area contributed by atoms with Crippen LogP contribution in [0, 0.1) is 20.8 Å². The predicted molar refractivity (Wildman–Crippen MR) is 171 cm³/mol. The third-order valence-electron chi connectivity index (χ3n) is 7.35. The van der Waals surface area contributed by atoms with Crippen LogP contribution in [0.25, 0.3) is 0 Å². The second-order valence-electron chi connectivity index (χ2n) is 11.1. The lowest BCUT2D eigenvalue weighted by Gasteiger charge is -2.32. The van der Waals surface area contributed by atoms with Gasteiger partial charge in [-0.05, 0) is 73.6 Å². The van der Waals surface area contributed by atoms with Gasteiger partial charge in [0.05, 0.1) is 11.9 Å². The SMILES string of the molecule is CCCCNC(=O)C(Cc1ccccc1)N(Cc1ccccc1C)C(=O)CCCN(c1cc(C)cc(C)c1)S(C)(=O)=O. The number of amides is 2. The largest absolute Gasteiger partial charge is 0.354 e. The molecule has 226 valence electrons. The molecule has 2 amide bonds. The molecule has 3 aromatic carbocycles. The Labute approximate surface area is 252 Å². The number of unbranched alkanes of at least 4 members (excludes halogenated alkanes) is 1. The third-order valence-corrected chi connectivity index (χ3v) is 8.54. The van der Waals surface area contributed by atoms with Crippen molar-refractivity contribution in [1.29, 1.82) is 0 Å². The minimum Gasteiger partial charge on any atom is -0.354 e. The molecule has 8 heteroatoms. The number of rotatable bonds is 15. The van der Waals surface area contributed by atoms with Gasteiger partial charge >= 0.3 is 0 Å². The lowest BCUT2D eigenvalue weighted by Crippen LogP contribution is -2.50. The number of nitrogens with one attached hydrogen (secondary N) is 1. The van der Waals surface area contributed by atoms with E-state index in [0.29, 0.717) is 25.1 Å². The van der Waals surface area contributed by atoms with Crippen LogP contribution < -0.4 is 9.62 Å². The van der Waals surface area contributed by atoms with E-state index in [1.165, 1.54) is 10.6 Å². The summed E-state index contributed by atoms with van der Waals surface area (Å²) in [5.74, 6) is -0.360. The molecule has 1 atom stereocenters. The molecule has 0 aliphatic rings. The normalized spacial score (nSPS) is 12.0. The lowest BCUT2D eigenvalue weighted by atomic mass is 10.0. The van der Waals surface area contributed by atoms with Gasteiger partial charge in [0, 0.05) is 32.5 Å². The molecule has 0 aliphatic heterocycles. The van der Waals surface area contributed by atoms with E-state index in [2.05, 4.69) is 12.2 Å². The maximum Gasteiger partial charge on any atom is 0.243 e. The zero-order valence-corrected chi connectivity index (χ0v) is 26.4. The topological polar surface area (TPSA) is 86.8 Å². The van der Waals surface area contributed by atoms with Gasteiger partial charge in [-0.2, -0.15) is 0 Å². The zero-order chi connectivity index (χ0) is 30.7. The number of aryl methyl sites for hydroxylation is 3. The van der Waals surface area contributed by atoms with Crippen LogP contribution in [0.5, 0.6) is 0 Å². The first-order valence-corrected chi connectivity index (χ1v) is 16.6. The third kappa shape index (κ3) is 9.72. The molecule has 1 N–H and O–H groups in total. The Balaban J connectivity index is 1.89. The number of hydrogen-bond donors (Lipinski definition) is 1. The molecule has 0 fully saturated rings. The van der Waals surface area contributed by atoms with Crippen LogP contribution in [-0.2, 0) is 32.6 Å². The van der Waals surface area contributed by atoms with Crippen molar-refractivity contribution in [3.63, 3.8) is 0 Å². The van der Waals surface area contributed by atoms with E-state index in [1.54, 1.807) is 4.90 Å². The molecule has 0 aliphatic carbocycles. The van der Waals surface area contributed by atoms with Gasteiger partial charge in [-0.15, -0.1) is 0 Å². The molecule has 3 rings (SSSR count). The van der Waals surface area contributed by atoms with Crippen molar-refractivity contribution in [3.05, 3.63) is 101 Å². The zero-order valence-electron chi connectivity index (χ0n) is 25.6. The fraction of sp³-hybridized carbons (Fsp3) is 0.412. The van der Waals surface area contributed by atoms with E-state index in [0.717, 1.165) is 40.7 Å². The van der Waals surface area contributed by atoms with E-state index < -0.39 is 16.1 Å². The van der Waals surface area contributed by atoms with Crippen LogP contribution in [0.2, 0.25) is 0 Å². The summed E-state index contributed by atoms with van der Waals surface area (Å²) >= 11 is 0. The Morgan fingerprint density at radius 2 is 1.52 bits per heavy atom. The lowest BCUT2D eigenvalue weighted by molar-refractivity contribution is -0.141. The van der Waals surface area contributed by atoms with Gasteiger partial charge in [-0.25, -0.2) is 8.42 Å². The average Bonchev–Trinajstić information content (AvgIpc) is 2.93. The highest BCUT2D eigenvalue weighted by Crippen LogP contribution is 2.23. The molecule has 0 radical (unpaired) electrons. The molecular formula is C34H45N3O4S. The standard InChI is InChI=1S/C34H45N3O4S/c1-6-7-19-35-34(39)32(24-29-15-9-8-10-16-29)36(25-30-17-12-11-14-28(30)4)33(38)18-13-20-37(42(5,40)41)31-22-26(2)21-27(3)23-31/h8-12,14-17,21-23,32H,6-7,13,18-20,24-25H2,1-5H3,(H,35,39). The molecule has 0 heterocycles. The summed E-state index contributed by atoms with van der Waals surface area (Å²) in [5.41, 5.74) is 5.51. The first kappa shape index (κ1) is 32.9. The number of hydrogen-bond acceptors (Lipinski definition) is 4. The quantitative estimate of drug-likeness (QED) is 0.229. The van der Waals surface area contributed by atoms with Crippen LogP contribution in [0.1, 0.15) is 60.4 Å². The number of carbonyl (C=O) groups excluding carboxylic acids is 2. The van der Waals surface area contributed by atoms with E-state index in [-0.39, 0.29) is 31.3 Å². The highest BCUT2D eigenvalue weighted by atomic mass is 32.2. The molecular weight excluding hydrogens is 546 g/mol. The first-order chi connectivity index (χ1) is 20.0. The fourth-order valence-electron chi connectivity index (χ4n) is 5.13. The molecule has 3 aromatic rings. The average molecular weight is 592 g/mol. The van der Waals surface area contributed by atoms with Crippen molar-refractivity contribution in [2.24, 2.45) is 0 Å². The van der Waals surface area contributed by atoms with E-state index in [4.69, 9.17) is 0 Å². The van der Waals surface area contributed by atoms with Crippen molar-refractivity contribution in [3.8, 4) is 0 Å². The maximum absolute atomic E-state index is 14.0. The van der Waals surface area contributed by atoms with Crippen molar-refractivity contribution in [2.75, 3.05) is 23.7 Å². The molecule has 0 saturated heterocycles. The number of sulfonamides is 1. The summed E-state index contributed by atoms with van der Waals surface area (Å²) in [5, 5.41) is 3.05. The highest BCUT2D eigenvalue weighted by Gasteiger charge is 2.30. The van der Waals surface area contributed by atoms with E-state index >= 15 is 0 Å². The monoisotopic (exact) mass is 591 g/mol. The predicted octanol–water partition coefficient (Wildman–Crippen LogP) is 5.71. The van der Waals surface area contributed by atoms with Gasteiger partial charge in [-0.1, -0.05) is 74.0 Å². The molecule has 1 unspecified atom stereocenters. The van der Waals surface area contributed by atoms with E-state index in [9.17, 15) is 18.0 Å². The Morgan fingerprint density at radius 3 is 2.14 bits per heavy atom. The molecule has 0 saturated carbocycles. The molecule has 0 spiro atoms. The molecule has 0 aromatic heterocycles. The number of benzene rings is 3. The number of anilines is 1. The van der Waals surface area contributed by atoms with Crippen molar-refractivity contribution < 1.29 is 18.0 Å². The summed E-state index contributed by atoms with van der Waals surface area (Å²) in [4.78, 5) is 29.3. The first-order valence-electron chi connectivity index (χ1n) is 14.7. The summed E-state index contributed by atoms with van der Waals surface area (Å²) in [6, 6.07) is 22.6. The summed E-state index contributed by atoms with van der Waals surface area (Å²) in [6.45, 7) is 8.94. The van der Waals surface area contributed by atoms with Gasteiger partial charge in [0.1, 0.15) is 6.04 Å². The van der Waals surface area contributed by atoms with Crippen molar-refractivity contribution in [1.82, 2.24) is 10.2 Å². The second-order valence-corrected chi connectivity index (χ2v) is 13.0. The van der Waals surface area contributed by atoms with Crippen LogP contribution in [0.15, 0.2) is 72.8 Å². The summed E-state index contributed by atoms with van der Waals surface area (Å²) in [6.07, 6.45) is 3.80. The van der Waals surface area contributed by atoms with Gasteiger partial charge in [0.15, 0.2) is 0 Å². The van der Waals surface area contributed by atoms with Crippen molar-refractivity contribution in [2.45, 2.75) is 72.4 Å². The molecule has 7 nitrogen and oxygen atoms in total. The number of carbonyl (C=O) groups is 2. The Hall–Kier alpha value is -3.65. The number of nitrogens with zero attached hydrogens (tertiary/aromatic N) is 2. The van der Waals surface area contributed by atoms with Crippen LogP contribution in [-0.4, -0.2) is 50.5 Å². The van der Waals surface area contributed by atoms with Gasteiger partial charge in [-0.3, -0.25) is 13.9 Å². The molecule has 42 heavy (non-hydrogen) atoms. The maximum atomic E-state index is 14.0. The van der Waals surface area contributed by atoms with Gasteiger partial charge < -0.3 is 10.2 Å². The van der Waals surface area contributed by atoms with E-state index in [1.807, 2.05) is 93.6 Å². The summed E-state index contributed by atoms with van der Waals surface area (Å²) < 4.78 is 26.9. The highest BCUT2D eigenvalue weighted by molar-refractivity contribution is 7.92. The summed E-state index contributed by atoms with van der Waals surface area (Å²) in [7, 11) is -3.56.